The van der Waals surface area contributed by atoms with E-state index in [0.29, 0.717) is 35.2 Å². The van der Waals surface area contributed by atoms with Gasteiger partial charge < -0.3 is 24.5 Å². The molecule has 0 radical (unpaired) electrons. The second-order valence-corrected chi connectivity index (χ2v) is 8.22. The van der Waals surface area contributed by atoms with Gasteiger partial charge in [-0.3, -0.25) is 9.59 Å². The molecule has 2 aromatic rings. The van der Waals surface area contributed by atoms with Gasteiger partial charge in [-0.1, -0.05) is 47.5 Å². The van der Waals surface area contributed by atoms with E-state index >= 15 is 0 Å². The van der Waals surface area contributed by atoms with Crippen molar-refractivity contribution >= 4 is 42.2 Å². The van der Waals surface area contributed by atoms with Crippen LogP contribution in [0.25, 0.3) is 0 Å². The van der Waals surface area contributed by atoms with Gasteiger partial charge in [0.2, 0.25) is 6.41 Å². The number of amides is 2. The Morgan fingerprint density at radius 2 is 1.82 bits per heavy atom. The molecule has 34 heavy (non-hydrogen) atoms. The maximum absolute atomic E-state index is 13.5. The molecule has 0 heterocycles. The second kappa shape index (κ2) is 13.6. The lowest BCUT2D eigenvalue weighted by molar-refractivity contribution is -0.128. The van der Waals surface area contributed by atoms with Gasteiger partial charge in [0.05, 0.1) is 5.02 Å². The summed E-state index contributed by atoms with van der Waals surface area (Å²) in [5, 5.41) is 10.2. The summed E-state index contributed by atoms with van der Waals surface area (Å²) in [5.41, 5.74) is 0.944. The largest absolute Gasteiger partial charge is 0.472 e. The van der Waals surface area contributed by atoms with Crippen LogP contribution < -0.4 is 4.74 Å². The predicted molar refractivity (Wildman–Crippen MR) is 134 cm³/mol. The maximum Gasteiger partial charge on any atom is 0.273 e. The first kappa shape index (κ1) is 27.2. The third-order valence-corrected chi connectivity index (χ3v) is 5.43. The Balaban J connectivity index is 2.54. The first-order valence-electron chi connectivity index (χ1n) is 10.4. The molecule has 1 N–H and O–H groups in total. The van der Waals surface area contributed by atoms with Crippen LogP contribution in [0.15, 0.2) is 65.0 Å². The van der Waals surface area contributed by atoms with Crippen LogP contribution >= 0.6 is 23.2 Å². The highest BCUT2D eigenvalue weighted by Crippen LogP contribution is 2.26. The number of likely N-dealkylation sites (N-methyl/N-ethyl adjacent to an activating group) is 1. The second-order valence-electron chi connectivity index (χ2n) is 7.38. The van der Waals surface area contributed by atoms with E-state index in [1.54, 1.807) is 48.3 Å². The predicted octanol–water partition coefficient (Wildman–Crippen LogP) is 3.63. The molecule has 2 rings (SSSR count). The Morgan fingerprint density at radius 1 is 1.15 bits per heavy atom. The van der Waals surface area contributed by atoms with Crippen molar-refractivity contribution in [2.75, 3.05) is 34.0 Å². The Labute approximate surface area is 209 Å². The van der Waals surface area contributed by atoms with Gasteiger partial charge in [-0.2, -0.15) is 0 Å². The monoisotopic (exact) mass is 506 g/mol. The molecule has 2 amide bonds. The fraction of sp³-hybridized carbons (Fsp3) is 0.292. The Hall–Kier alpha value is -3.07. The fourth-order valence-corrected chi connectivity index (χ4v) is 3.39. The molecule has 2 aromatic carbocycles. The van der Waals surface area contributed by atoms with Gasteiger partial charge in [-0.15, -0.1) is 0 Å². The summed E-state index contributed by atoms with van der Waals surface area (Å²) in [6.45, 7) is 3.96. The molecule has 0 bridgehead atoms. The minimum absolute atomic E-state index is 0.0626. The van der Waals surface area contributed by atoms with Crippen molar-refractivity contribution in [1.29, 1.82) is 0 Å². The van der Waals surface area contributed by atoms with E-state index in [0.717, 1.165) is 5.56 Å². The van der Waals surface area contributed by atoms with Crippen molar-refractivity contribution in [2.24, 2.45) is 4.99 Å². The van der Waals surface area contributed by atoms with Gasteiger partial charge in [0.25, 0.3) is 5.91 Å². The van der Waals surface area contributed by atoms with Crippen LogP contribution in [0.4, 0.5) is 0 Å². The number of rotatable bonds is 13. The molecule has 0 aliphatic carbocycles. The zero-order valence-electron chi connectivity index (χ0n) is 19.2. The summed E-state index contributed by atoms with van der Waals surface area (Å²) < 4.78 is 5.95. The molecule has 0 aliphatic rings. The topological polar surface area (TPSA) is 85.7 Å². The number of para-hydroxylation sites is 1. The quantitative estimate of drug-likeness (QED) is 0.194. The highest BCUT2D eigenvalue weighted by molar-refractivity contribution is 6.32. The van der Waals surface area contributed by atoms with E-state index in [2.05, 4.69) is 11.7 Å². The van der Waals surface area contributed by atoms with Gasteiger partial charge >= 0.3 is 0 Å². The standard InChI is InChI=1S/C24H28Cl2N4O4/c1-27-23(29(3)16-32)22(24(33)28(2)13-6-14-31)30(15-18-9-11-19(25)12-10-18)17-34-21-8-5-4-7-20(21)26/h4-5,7-12,16,31H,1,6,13-15,17H2,2-3H3/b23-22+. The van der Waals surface area contributed by atoms with Gasteiger partial charge in [0, 0.05) is 38.8 Å². The highest BCUT2D eigenvalue weighted by Gasteiger charge is 2.28. The molecule has 0 aromatic heterocycles. The van der Waals surface area contributed by atoms with Gasteiger partial charge in [0.1, 0.15) is 11.4 Å². The third-order valence-electron chi connectivity index (χ3n) is 4.87. The van der Waals surface area contributed by atoms with Crippen LogP contribution in [0.2, 0.25) is 10.0 Å². The molecule has 182 valence electrons. The van der Waals surface area contributed by atoms with E-state index in [1.165, 1.54) is 16.8 Å². The van der Waals surface area contributed by atoms with Crippen LogP contribution in [0.1, 0.15) is 12.0 Å². The number of nitrogens with zero attached hydrogens (tertiary/aromatic N) is 4. The molecule has 0 aliphatic heterocycles. The molecule has 8 nitrogen and oxygen atoms in total. The number of ether oxygens (including phenoxy) is 1. The van der Waals surface area contributed by atoms with Crippen LogP contribution in [0, 0.1) is 0 Å². The van der Waals surface area contributed by atoms with E-state index in [9.17, 15) is 14.7 Å². The Bertz CT molecular complexity index is 1010. The summed E-state index contributed by atoms with van der Waals surface area (Å²) >= 11 is 12.3. The minimum Gasteiger partial charge on any atom is -0.472 e. The fourth-order valence-electron chi connectivity index (χ4n) is 3.07. The number of carbonyl (C=O) groups is 2. The zero-order valence-corrected chi connectivity index (χ0v) is 20.7. The summed E-state index contributed by atoms with van der Waals surface area (Å²) in [4.78, 5) is 33.4. The zero-order chi connectivity index (χ0) is 25.1. The van der Waals surface area contributed by atoms with Crippen LogP contribution in [-0.2, 0) is 16.1 Å². The number of halogens is 2. The van der Waals surface area contributed by atoms with E-state index in [1.807, 2.05) is 12.1 Å². The first-order valence-corrected chi connectivity index (χ1v) is 11.2. The number of aliphatic imine (C=N–C) groups is 1. The summed E-state index contributed by atoms with van der Waals surface area (Å²) in [7, 11) is 3.09. The summed E-state index contributed by atoms with van der Waals surface area (Å²) in [6.07, 6.45) is 0.934. The van der Waals surface area contributed by atoms with Gasteiger partial charge in [-0.25, -0.2) is 4.99 Å². The smallest absolute Gasteiger partial charge is 0.273 e. The molecule has 0 saturated carbocycles. The average molecular weight is 507 g/mol. The Kier molecular flexibility index (Phi) is 10.9. The number of hydrogen-bond donors (Lipinski definition) is 1. The van der Waals surface area contributed by atoms with Crippen molar-refractivity contribution in [3.8, 4) is 5.75 Å². The number of aliphatic hydroxyl groups excluding tert-OH is 1. The summed E-state index contributed by atoms with van der Waals surface area (Å²) in [6, 6.07) is 14.1. The molecule has 0 atom stereocenters. The van der Waals surface area contributed by atoms with E-state index in [4.69, 9.17) is 27.9 Å². The van der Waals surface area contributed by atoms with E-state index in [-0.39, 0.29) is 31.4 Å². The first-order chi connectivity index (χ1) is 16.3. The van der Waals surface area contributed by atoms with Gasteiger partial charge in [0.15, 0.2) is 12.6 Å². The maximum atomic E-state index is 13.5. The van der Waals surface area contributed by atoms with Crippen LogP contribution in [0.5, 0.6) is 5.75 Å². The van der Waals surface area contributed by atoms with Crippen LogP contribution in [0.3, 0.4) is 0 Å². The minimum atomic E-state index is -0.415. The van der Waals surface area contributed by atoms with Crippen molar-refractivity contribution in [3.05, 3.63) is 75.7 Å². The molecule has 0 fully saturated rings. The number of hydrogen-bond acceptors (Lipinski definition) is 6. The molecule has 10 heteroatoms. The highest BCUT2D eigenvalue weighted by atomic mass is 35.5. The van der Waals surface area contributed by atoms with Crippen molar-refractivity contribution in [1.82, 2.24) is 14.7 Å². The van der Waals surface area contributed by atoms with Crippen LogP contribution in [-0.4, -0.2) is 72.8 Å². The number of benzene rings is 2. The van der Waals surface area contributed by atoms with Crippen molar-refractivity contribution in [2.45, 2.75) is 13.0 Å². The normalized spacial score (nSPS) is 11.3. The van der Waals surface area contributed by atoms with E-state index < -0.39 is 5.91 Å². The Morgan fingerprint density at radius 3 is 2.41 bits per heavy atom. The lowest BCUT2D eigenvalue weighted by atomic mass is 10.2. The molecule has 0 saturated heterocycles. The number of carbonyl (C=O) groups excluding carboxylic acids is 2. The third kappa shape index (κ3) is 7.48. The van der Waals surface area contributed by atoms with Crippen molar-refractivity contribution in [3.63, 3.8) is 0 Å². The lowest BCUT2D eigenvalue weighted by Crippen LogP contribution is -2.41. The SMILES string of the molecule is C=N/C(=C(/C(=O)N(C)CCCO)N(COc1ccccc1Cl)Cc1ccc(Cl)cc1)N(C)C=O. The number of aliphatic hydroxyl groups is 1. The molecule has 0 spiro atoms. The van der Waals surface area contributed by atoms with Crippen molar-refractivity contribution < 1.29 is 19.4 Å². The van der Waals surface area contributed by atoms with Gasteiger partial charge in [-0.05, 0) is 43.0 Å². The molecule has 0 unspecified atom stereocenters. The molecular weight excluding hydrogens is 479 g/mol. The lowest BCUT2D eigenvalue weighted by Gasteiger charge is -2.31. The average Bonchev–Trinajstić information content (AvgIpc) is 2.84. The molecular formula is C24H28Cl2N4O4. The summed E-state index contributed by atoms with van der Waals surface area (Å²) in [5.74, 6) is 0.0800.